The number of aromatic hydroxyl groups is 1. The van der Waals surface area contributed by atoms with Crippen LogP contribution >= 0.6 is 0 Å². The van der Waals surface area contributed by atoms with Gasteiger partial charge in [0.25, 0.3) is 0 Å². The number of nitrogens with one attached hydrogen (secondary N) is 2. The van der Waals surface area contributed by atoms with Crippen molar-refractivity contribution >= 4 is 5.82 Å². The second-order valence-corrected chi connectivity index (χ2v) is 9.89. The van der Waals surface area contributed by atoms with Crippen LogP contribution in [0.2, 0.25) is 0 Å². The predicted octanol–water partition coefficient (Wildman–Crippen LogP) is 4.27. The number of hydrogen-bond donors (Lipinski definition) is 3. The van der Waals surface area contributed by atoms with Gasteiger partial charge in [-0.15, -0.1) is 10.2 Å². The van der Waals surface area contributed by atoms with Crippen LogP contribution in [0, 0.1) is 5.82 Å². The molecule has 0 aliphatic carbocycles. The molecule has 1 aromatic carbocycles. The number of rotatable bonds is 4. The summed E-state index contributed by atoms with van der Waals surface area (Å²) in [5.74, 6) is 0.274. The van der Waals surface area contributed by atoms with Crippen LogP contribution in [0.4, 0.5) is 10.2 Å². The Morgan fingerprint density at radius 3 is 2.47 bits per heavy atom. The third-order valence-electron chi connectivity index (χ3n) is 7.16. The maximum Gasteiger partial charge on any atom is 0.151 e. The first-order valence-electron chi connectivity index (χ1n) is 11.1. The van der Waals surface area contributed by atoms with E-state index in [9.17, 15) is 9.50 Å². The Balaban J connectivity index is 1.38. The first kappa shape index (κ1) is 20.9. The van der Waals surface area contributed by atoms with E-state index in [-0.39, 0.29) is 22.4 Å². The van der Waals surface area contributed by atoms with E-state index in [2.05, 4.69) is 51.5 Å². The summed E-state index contributed by atoms with van der Waals surface area (Å²) in [6.45, 7) is 4.65. The summed E-state index contributed by atoms with van der Waals surface area (Å²) in [5.41, 5.74) is 1.89. The lowest BCUT2D eigenvalue weighted by Crippen LogP contribution is -2.66. The van der Waals surface area contributed by atoms with Crippen LogP contribution in [0.25, 0.3) is 22.4 Å². The van der Waals surface area contributed by atoms with E-state index < -0.39 is 5.82 Å². The van der Waals surface area contributed by atoms with Gasteiger partial charge in [-0.2, -0.15) is 5.10 Å². The average molecular weight is 437 g/mol. The molecule has 32 heavy (non-hydrogen) atoms. The summed E-state index contributed by atoms with van der Waals surface area (Å²) >= 11 is 0. The Morgan fingerprint density at radius 1 is 1.09 bits per heavy atom. The molecule has 0 spiro atoms. The second kappa shape index (κ2) is 7.55. The number of halogens is 1. The number of aromatic amines is 1. The molecule has 2 aliphatic heterocycles. The largest absolute Gasteiger partial charge is 0.507 e. The summed E-state index contributed by atoms with van der Waals surface area (Å²) in [6, 6.07) is 6.74. The molecule has 2 atom stereocenters. The first-order chi connectivity index (χ1) is 15.3. The number of hydrogen-bond acceptors (Lipinski definition) is 6. The van der Waals surface area contributed by atoms with E-state index in [4.69, 9.17) is 0 Å². The molecule has 2 aromatic heterocycles. The lowest BCUT2D eigenvalue weighted by molar-refractivity contribution is 0.0784. The van der Waals surface area contributed by atoms with Crippen molar-refractivity contribution in [3.05, 3.63) is 42.5 Å². The molecule has 4 heterocycles. The number of anilines is 1. The summed E-state index contributed by atoms with van der Waals surface area (Å²) < 4.78 is 14.7. The van der Waals surface area contributed by atoms with Crippen LogP contribution < -0.4 is 10.2 Å². The average Bonchev–Trinajstić information content (AvgIpc) is 3.28. The molecule has 2 aliphatic rings. The van der Waals surface area contributed by atoms with Crippen molar-refractivity contribution < 1.29 is 9.50 Å². The number of phenolic OH excluding ortho intramolecular Hbond substituents is 1. The van der Waals surface area contributed by atoms with Crippen LogP contribution in [-0.4, -0.2) is 49.7 Å². The van der Waals surface area contributed by atoms with Gasteiger partial charge in [0.1, 0.15) is 11.6 Å². The number of H-pyrrole nitrogens is 1. The lowest BCUT2D eigenvalue weighted by atomic mass is 9.69. The Morgan fingerprint density at radius 2 is 1.84 bits per heavy atom. The molecule has 2 saturated heterocycles. The molecule has 0 amide bonds. The highest BCUT2D eigenvalue weighted by atomic mass is 19.1. The second-order valence-electron chi connectivity index (χ2n) is 9.89. The zero-order chi connectivity index (χ0) is 22.5. The van der Waals surface area contributed by atoms with E-state index in [1.165, 1.54) is 37.6 Å². The van der Waals surface area contributed by atoms with Crippen molar-refractivity contribution in [1.82, 2.24) is 25.7 Å². The van der Waals surface area contributed by atoms with E-state index in [0.717, 1.165) is 18.7 Å². The highest BCUT2D eigenvalue weighted by Crippen LogP contribution is 2.42. The maximum absolute atomic E-state index is 14.7. The van der Waals surface area contributed by atoms with Gasteiger partial charge >= 0.3 is 0 Å². The highest BCUT2D eigenvalue weighted by molar-refractivity contribution is 5.74. The van der Waals surface area contributed by atoms with Gasteiger partial charge in [-0.05, 0) is 70.2 Å². The minimum Gasteiger partial charge on any atom is -0.507 e. The van der Waals surface area contributed by atoms with E-state index in [0.29, 0.717) is 22.9 Å². The fourth-order valence-electron chi connectivity index (χ4n) is 5.65. The van der Waals surface area contributed by atoms with E-state index >= 15 is 0 Å². The molecule has 3 aromatic rings. The SMILES string of the molecule is CN(c1ccc(-c2cc(F)c(-c3cn[nH]c3)cc2O)nn1)C1CC2(C)CCCC(C)(C1)N2. The van der Waals surface area contributed by atoms with Gasteiger partial charge in [-0.1, -0.05) is 0 Å². The van der Waals surface area contributed by atoms with E-state index in [1.54, 1.807) is 12.3 Å². The first-order valence-corrected chi connectivity index (χ1v) is 11.1. The zero-order valence-corrected chi connectivity index (χ0v) is 18.7. The monoisotopic (exact) mass is 436 g/mol. The van der Waals surface area contributed by atoms with Crippen molar-refractivity contribution in [3.63, 3.8) is 0 Å². The van der Waals surface area contributed by atoms with Crippen LogP contribution in [-0.2, 0) is 0 Å². The van der Waals surface area contributed by atoms with Crippen molar-refractivity contribution in [2.24, 2.45) is 0 Å². The standard InChI is InChI=1S/C24H29FN6O/c1-23-7-4-8-24(2,30-23)12-16(11-23)31(3)22-6-5-20(28-29-22)18-9-19(25)17(10-21(18)32)15-13-26-27-14-15/h5-6,9-10,13-14,16,30,32H,4,7-8,11-12H2,1-3H3,(H,26,27). The zero-order valence-electron chi connectivity index (χ0n) is 18.7. The van der Waals surface area contributed by atoms with Gasteiger partial charge in [0.2, 0.25) is 0 Å². The molecule has 3 N–H and O–H groups in total. The molecule has 2 unspecified atom stereocenters. The molecular weight excluding hydrogens is 407 g/mol. The van der Waals surface area contributed by atoms with Crippen molar-refractivity contribution in [1.29, 1.82) is 0 Å². The van der Waals surface area contributed by atoms with Gasteiger partial charge in [0, 0.05) is 47.1 Å². The van der Waals surface area contributed by atoms with Gasteiger partial charge in [0.05, 0.1) is 11.9 Å². The maximum atomic E-state index is 14.7. The summed E-state index contributed by atoms with van der Waals surface area (Å²) in [4.78, 5) is 2.21. The predicted molar refractivity (Wildman–Crippen MR) is 122 cm³/mol. The molecule has 5 rings (SSSR count). The number of piperidine rings is 2. The Labute approximate surface area is 187 Å². The topological polar surface area (TPSA) is 90.0 Å². The Bertz CT molecular complexity index is 1100. The van der Waals surface area contributed by atoms with Crippen molar-refractivity contribution in [2.75, 3.05) is 11.9 Å². The van der Waals surface area contributed by atoms with Crippen LogP contribution in [0.3, 0.4) is 0 Å². The van der Waals surface area contributed by atoms with Crippen LogP contribution in [0.5, 0.6) is 5.75 Å². The third-order valence-corrected chi connectivity index (χ3v) is 7.16. The molecule has 0 radical (unpaired) electrons. The molecule has 7 nitrogen and oxygen atoms in total. The number of nitrogens with zero attached hydrogens (tertiary/aromatic N) is 4. The van der Waals surface area contributed by atoms with Crippen LogP contribution in [0.1, 0.15) is 46.0 Å². The van der Waals surface area contributed by atoms with Gasteiger partial charge < -0.3 is 15.3 Å². The highest BCUT2D eigenvalue weighted by Gasteiger charge is 2.46. The molecular formula is C24H29FN6O. The van der Waals surface area contributed by atoms with Gasteiger partial charge in [0.15, 0.2) is 5.82 Å². The summed E-state index contributed by atoms with van der Waals surface area (Å²) in [5, 5.41) is 29.6. The smallest absolute Gasteiger partial charge is 0.151 e. The molecule has 2 bridgehead atoms. The number of aromatic nitrogens is 4. The Kier molecular flexibility index (Phi) is 4.93. The van der Waals surface area contributed by atoms with Gasteiger partial charge in [-0.25, -0.2) is 4.39 Å². The fourth-order valence-corrected chi connectivity index (χ4v) is 5.65. The van der Waals surface area contributed by atoms with Crippen molar-refractivity contribution in [3.8, 4) is 28.1 Å². The van der Waals surface area contributed by atoms with Crippen molar-refractivity contribution in [2.45, 2.75) is 63.1 Å². The molecule has 0 saturated carbocycles. The van der Waals surface area contributed by atoms with E-state index in [1.807, 2.05) is 6.07 Å². The number of benzene rings is 1. The van der Waals surface area contributed by atoms with Crippen LogP contribution in [0.15, 0.2) is 36.7 Å². The molecule has 8 heteroatoms. The quantitative estimate of drug-likeness (QED) is 0.566. The van der Waals surface area contributed by atoms with Gasteiger partial charge in [-0.3, -0.25) is 5.10 Å². The summed E-state index contributed by atoms with van der Waals surface area (Å²) in [6.07, 6.45) is 8.86. The number of fused-ring (bicyclic) bond motifs is 2. The summed E-state index contributed by atoms with van der Waals surface area (Å²) in [7, 11) is 2.07. The fraction of sp³-hybridized carbons (Fsp3) is 0.458. The lowest BCUT2D eigenvalue weighted by Gasteiger charge is -2.55. The normalized spacial score (nSPS) is 27.3. The Hall–Kier alpha value is -3.00. The molecule has 168 valence electrons. The minimum absolute atomic E-state index is 0.0509. The minimum atomic E-state index is -0.454. The number of phenols is 1. The third kappa shape index (κ3) is 3.72. The molecule has 2 fully saturated rings.